The molecule has 0 nitrogen and oxygen atoms in total. The van der Waals surface area contributed by atoms with Crippen molar-refractivity contribution in [1.29, 1.82) is 0 Å². The van der Waals surface area contributed by atoms with Crippen molar-refractivity contribution < 1.29 is 0 Å². The van der Waals surface area contributed by atoms with Gasteiger partial charge >= 0.3 is 0 Å². The lowest BCUT2D eigenvalue weighted by Gasteiger charge is -1.96. The molecule has 10 heavy (non-hydrogen) atoms. The summed E-state index contributed by atoms with van der Waals surface area (Å²) in [5, 5.41) is 0. The van der Waals surface area contributed by atoms with Crippen molar-refractivity contribution in [3.05, 3.63) is 0 Å². The first-order valence-electron chi connectivity index (χ1n) is 4.91. The molecule has 0 spiro atoms. The van der Waals surface area contributed by atoms with Crippen LogP contribution in [0, 0.1) is 0 Å². The van der Waals surface area contributed by atoms with Crippen LogP contribution in [0.4, 0.5) is 0 Å². The van der Waals surface area contributed by atoms with Crippen molar-refractivity contribution in [1.82, 2.24) is 0 Å². The molecule has 0 aromatic rings. The summed E-state index contributed by atoms with van der Waals surface area (Å²) in [6.45, 7) is 4.58. The van der Waals surface area contributed by atoms with Gasteiger partial charge in [0.25, 0.3) is 0 Å². The van der Waals surface area contributed by atoms with Gasteiger partial charge < -0.3 is 0 Å². The maximum atomic E-state index is 2.29. The van der Waals surface area contributed by atoms with Gasteiger partial charge in [0.1, 0.15) is 0 Å². The van der Waals surface area contributed by atoms with E-state index in [-0.39, 0.29) is 0 Å². The zero-order valence-electron chi connectivity index (χ0n) is 7.66. The van der Waals surface area contributed by atoms with Crippen molar-refractivity contribution in [2.75, 3.05) is 0 Å². The topological polar surface area (TPSA) is 0 Å². The van der Waals surface area contributed by atoms with Crippen LogP contribution in [-0.4, -0.2) is 9.52 Å². The minimum Gasteiger partial charge on any atom is -0.0654 e. The summed E-state index contributed by atoms with van der Waals surface area (Å²) in [6.07, 6.45) is 7.28. The molecule has 0 unspecified atom stereocenters. The van der Waals surface area contributed by atoms with E-state index in [0.29, 0.717) is 9.52 Å². The van der Waals surface area contributed by atoms with Gasteiger partial charge in [0.2, 0.25) is 0 Å². The molecule has 0 aliphatic carbocycles. The van der Waals surface area contributed by atoms with Crippen molar-refractivity contribution >= 4 is 9.52 Å². The van der Waals surface area contributed by atoms with Crippen molar-refractivity contribution in [2.24, 2.45) is 0 Å². The van der Waals surface area contributed by atoms with Crippen molar-refractivity contribution in [3.63, 3.8) is 0 Å². The number of hydrogen-bond donors (Lipinski definition) is 0. The molecule has 0 radical (unpaired) electrons. The number of rotatable bonds is 7. The molecule has 0 heterocycles. The highest BCUT2D eigenvalue weighted by Crippen LogP contribution is 2.02. The summed E-state index contributed by atoms with van der Waals surface area (Å²) in [5.41, 5.74) is 0. The van der Waals surface area contributed by atoms with Gasteiger partial charge in [0, 0.05) is 9.52 Å². The predicted octanol–water partition coefficient (Wildman–Crippen LogP) is 2.98. The first kappa shape index (κ1) is 10.2. The van der Waals surface area contributed by atoms with E-state index in [9.17, 15) is 0 Å². The Labute approximate surface area is 68.2 Å². The largest absolute Gasteiger partial charge is 0.0654 e. The van der Waals surface area contributed by atoms with Crippen LogP contribution >= 0.6 is 0 Å². The maximum absolute atomic E-state index is 2.29. The Bertz CT molecular complexity index is 44.7. The molecule has 0 atom stereocenters. The van der Waals surface area contributed by atoms with E-state index in [1.54, 1.807) is 12.1 Å². The highest BCUT2D eigenvalue weighted by atomic mass is 28.2. The van der Waals surface area contributed by atoms with Crippen LogP contribution in [0.15, 0.2) is 0 Å². The van der Waals surface area contributed by atoms with E-state index in [4.69, 9.17) is 0 Å². The van der Waals surface area contributed by atoms with Crippen LogP contribution in [0.1, 0.15) is 46.0 Å². The lowest BCUT2D eigenvalue weighted by atomic mass is 10.3. The molecule has 0 rings (SSSR count). The Kier molecular flexibility index (Phi) is 9.42. The van der Waals surface area contributed by atoms with Crippen LogP contribution in [0.2, 0.25) is 12.1 Å². The molecule has 0 saturated carbocycles. The van der Waals surface area contributed by atoms with E-state index in [1.807, 2.05) is 0 Å². The standard InChI is InChI=1S/C9H22Si/c1-3-5-7-9-10-8-6-4-2/h3-10H2,1-2H3. The molecule has 0 saturated heterocycles. The van der Waals surface area contributed by atoms with Gasteiger partial charge in [0.15, 0.2) is 0 Å². The predicted molar refractivity (Wildman–Crippen MR) is 52.6 cm³/mol. The quantitative estimate of drug-likeness (QED) is 0.395. The summed E-state index contributed by atoms with van der Waals surface area (Å²) in [6, 6.07) is 3.20. The van der Waals surface area contributed by atoms with E-state index in [2.05, 4.69) is 13.8 Å². The Balaban J connectivity index is 2.65. The molecule has 1 heteroatoms. The molecule has 0 amide bonds. The van der Waals surface area contributed by atoms with Gasteiger partial charge in [0.05, 0.1) is 0 Å². The van der Waals surface area contributed by atoms with Crippen LogP contribution in [-0.2, 0) is 0 Å². The molecule has 62 valence electrons. The first-order valence-corrected chi connectivity index (χ1v) is 6.91. The Morgan fingerprint density at radius 3 is 2.00 bits per heavy atom. The lowest BCUT2D eigenvalue weighted by Crippen LogP contribution is -1.88. The fourth-order valence-corrected chi connectivity index (χ4v) is 3.12. The van der Waals surface area contributed by atoms with Gasteiger partial charge in [-0.2, -0.15) is 0 Å². The molecule has 0 N–H and O–H groups in total. The minimum absolute atomic E-state index is 0.380. The molecule has 0 aromatic carbocycles. The third kappa shape index (κ3) is 8.22. The highest BCUT2D eigenvalue weighted by Gasteiger charge is 1.88. The molecule has 0 aliphatic rings. The van der Waals surface area contributed by atoms with Gasteiger partial charge in [-0.25, -0.2) is 0 Å². The van der Waals surface area contributed by atoms with E-state index >= 15 is 0 Å². The zero-order chi connectivity index (χ0) is 7.66. The summed E-state index contributed by atoms with van der Waals surface area (Å²) < 4.78 is 0. The van der Waals surface area contributed by atoms with Crippen molar-refractivity contribution in [3.8, 4) is 0 Å². The van der Waals surface area contributed by atoms with E-state index in [0.717, 1.165) is 0 Å². The SMILES string of the molecule is CCCCC[SiH2]CCCC. The molecule has 0 aromatic heterocycles. The van der Waals surface area contributed by atoms with Crippen molar-refractivity contribution in [2.45, 2.75) is 58.0 Å². The smallest absolute Gasteiger partial charge is 0.0197 e. The number of unbranched alkanes of at least 4 members (excludes halogenated alkanes) is 3. The minimum atomic E-state index is 0.380. The Morgan fingerprint density at radius 1 is 0.800 bits per heavy atom. The van der Waals surface area contributed by atoms with Crippen LogP contribution in [0.5, 0.6) is 0 Å². The average molecular weight is 158 g/mol. The summed E-state index contributed by atoms with van der Waals surface area (Å²) in [5.74, 6) is 0. The second-order valence-electron chi connectivity index (χ2n) is 3.12. The van der Waals surface area contributed by atoms with Crippen LogP contribution in [0.3, 0.4) is 0 Å². The monoisotopic (exact) mass is 158 g/mol. The van der Waals surface area contributed by atoms with E-state index in [1.165, 1.54) is 32.1 Å². The Morgan fingerprint density at radius 2 is 1.40 bits per heavy atom. The third-order valence-corrected chi connectivity index (χ3v) is 3.96. The zero-order valence-corrected chi connectivity index (χ0v) is 9.07. The summed E-state index contributed by atoms with van der Waals surface area (Å²) >= 11 is 0. The first-order chi connectivity index (χ1) is 4.91. The average Bonchev–Trinajstić information content (AvgIpc) is 1.97. The molecule has 0 fully saturated rings. The second kappa shape index (κ2) is 9.22. The van der Waals surface area contributed by atoms with Gasteiger partial charge in [-0.3, -0.25) is 0 Å². The lowest BCUT2D eigenvalue weighted by molar-refractivity contribution is 0.765. The third-order valence-electron chi connectivity index (χ3n) is 1.96. The number of hydrogen-bond acceptors (Lipinski definition) is 0. The van der Waals surface area contributed by atoms with Gasteiger partial charge in [-0.1, -0.05) is 58.0 Å². The molecule has 0 bridgehead atoms. The van der Waals surface area contributed by atoms with E-state index < -0.39 is 0 Å². The normalized spacial score (nSPS) is 11.4. The highest BCUT2D eigenvalue weighted by molar-refractivity contribution is 6.35. The fourth-order valence-electron chi connectivity index (χ4n) is 1.21. The molecular formula is C9H22Si. The summed E-state index contributed by atoms with van der Waals surface area (Å²) in [4.78, 5) is 0. The summed E-state index contributed by atoms with van der Waals surface area (Å²) in [7, 11) is 0.380. The van der Waals surface area contributed by atoms with Crippen LogP contribution < -0.4 is 0 Å². The maximum Gasteiger partial charge on any atom is 0.0197 e. The molecule has 0 aliphatic heterocycles. The second-order valence-corrected chi connectivity index (χ2v) is 5.24. The molecular weight excluding hydrogens is 136 g/mol. The van der Waals surface area contributed by atoms with Crippen LogP contribution in [0.25, 0.3) is 0 Å². The van der Waals surface area contributed by atoms with Gasteiger partial charge in [-0.15, -0.1) is 0 Å². The van der Waals surface area contributed by atoms with Gasteiger partial charge in [-0.05, 0) is 0 Å². The fraction of sp³-hybridized carbons (Fsp3) is 1.00. The Hall–Kier alpha value is 0.217.